The van der Waals surface area contributed by atoms with Crippen LogP contribution in [0.25, 0.3) is 0 Å². The van der Waals surface area contributed by atoms with Crippen LogP contribution in [0.4, 0.5) is 17.8 Å². The van der Waals surface area contributed by atoms with E-state index in [0.29, 0.717) is 5.95 Å². The van der Waals surface area contributed by atoms with Crippen molar-refractivity contribution in [3.8, 4) is 5.75 Å². The van der Waals surface area contributed by atoms with Crippen molar-refractivity contribution in [2.24, 2.45) is 5.10 Å². The molecule has 154 valence electrons. The average molecular weight is 396 g/mol. The molecule has 3 heterocycles. The molecule has 1 aromatic heterocycles. The van der Waals surface area contributed by atoms with Gasteiger partial charge in [0.05, 0.1) is 13.3 Å². The van der Waals surface area contributed by atoms with Gasteiger partial charge in [0.15, 0.2) is 0 Å². The number of benzene rings is 1. The van der Waals surface area contributed by atoms with Gasteiger partial charge in [-0.1, -0.05) is 12.1 Å². The van der Waals surface area contributed by atoms with Gasteiger partial charge in [-0.15, -0.1) is 0 Å². The molecule has 2 aromatic rings. The number of anilines is 3. The molecular weight excluding hydrogens is 366 g/mol. The lowest BCUT2D eigenvalue weighted by Gasteiger charge is -2.30. The lowest BCUT2D eigenvalue weighted by atomic mass is 10.1. The molecule has 0 amide bonds. The molecule has 2 saturated heterocycles. The van der Waals surface area contributed by atoms with Gasteiger partial charge in [-0.05, 0) is 56.2 Å². The minimum atomic E-state index is 0.486. The number of piperidine rings is 2. The van der Waals surface area contributed by atoms with Crippen molar-refractivity contribution in [2.45, 2.75) is 38.5 Å². The summed E-state index contributed by atoms with van der Waals surface area (Å²) in [7, 11) is 1.66. The lowest BCUT2D eigenvalue weighted by Crippen LogP contribution is -2.34. The zero-order chi connectivity index (χ0) is 19.9. The fraction of sp³-hybridized carbons (Fsp3) is 0.524. The fourth-order valence-electron chi connectivity index (χ4n) is 3.76. The highest BCUT2D eigenvalue weighted by atomic mass is 16.5. The van der Waals surface area contributed by atoms with Crippen molar-refractivity contribution >= 4 is 24.1 Å². The molecular formula is C21H29N7O. The molecule has 0 radical (unpaired) electrons. The van der Waals surface area contributed by atoms with Crippen LogP contribution in [-0.4, -0.2) is 54.5 Å². The zero-order valence-electron chi connectivity index (χ0n) is 17.0. The summed E-state index contributed by atoms with van der Waals surface area (Å²) in [6.45, 7) is 3.98. The topological polar surface area (TPSA) is 78.8 Å². The summed E-state index contributed by atoms with van der Waals surface area (Å²) >= 11 is 0. The monoisotopic (exact) mass is 395 g/mol. The van der Waals surface area contributed by atoms with Crippen LogP contribution in [-0.2, 0) is 0 Å². The van der Waals surface area contributed by atoms with Gasteiger partial charge < -0.3 is 14.5 Å². The minimum Gasteiger partial charge on any atom is -0.497 e. The number of aromatic nitrogens is 3. The summed E-state index contributed by atoms with van der Waals surface area (Å²) in [4.78, 5) is 18.6. The molecule has 8 nitrogen and oxygen atoms in total. The number of rotatable bonds is 6. The first-order valence-corrected chi connectivity index (χ1v) is 10.5. The smallest absolute Gasteiger partial charge is 0.250 e. The van der Waals surface area contributed by atoms with E-state index in [9.17, 15) is 0 Å². The number of ether oxygens (including phenoxy) is 1. The number of hydrazone groups is 1. The molecule has 0 unspecified atom stereocenters. The second kappa shape index (κ2) is 9.54. The Kier molecular flexibility index (Phi) is 6.38. The van der Waals surface area contributed by atoms with Crippen molar-refractivity contribution in [1.82, 2.24) is 15.0 Å². The van der Waals surface area contributed by atoms with Crippen molar-refractivity contribution < 1.29 is 4.74 Å². The number of methoxy groups -OCH3 is 1. The van der Waals surface area contributed by atoms with E-state index >= 15 is 0 Å². The van der Waals surface area contributed by atoms with Crippen molar-refractivity contribution in [3.63, 3.8) is 0 Å². The molecule has 0 saturated carbocycles. The van der Waals surface area contributed by atoms with Gasteiger partial charge in [-0.25, -0.2) is 5.43 Å². The Hall–Kier alpha value is -2.90. The average Bonchev–Trinajstić information content (AvgIpc) is 2.80. The van der Waals surface area contributed by atoms with Gasteiger partial charge in [0.2, 0.25) is 17.8 Å². The van der Waals surface area contributed by atoms with Crippen LogP contribution in [0.1, 0.15) is 44.1 Å². The Labute approximate surface area is 172 Å². The highest BCUT2D eigenvalue weighted by Gasteiger charge is 2.20. The van der Waals surface area contributed by atoms with Crippen molar-refractivity contribution in [3.05, 3.63) is 29.8 Å². The van der Waals surface area contributed by atoms with Gasteiger partial charge in [0.25, 0.3) is 0 Å². The van der Waals surface area contributed by atoms with Crippen molar-refractivity contribution in [1.29, 1.82) is 0 Å². The second-order valence-electron chi connectivity index (χ2n) is 7.50. The maximum Gasteiger partial charge on any atom is 0.250 e. The lowest BCUT2D eigenvalue weighted by molar-refractivity contribution is 0.415. The van der Waals surface area contributed by atoms with Crippen LogP contribution in [0.2, 0.25) is 0 Å². The molecule has 0 bridgehead atoms. The van der Waals surface area contributed by atoms with Crippen LogP contribution in [0.3, 0.4) is 0 Å². The third kappa shape index (κ3) is 5.13. The van der Waals surface area contributed by atoms with Gasteiger partial charge in [0.1, 0.15) is 5.75 Å². The number of nitrogens with zero attached hydrogens (tertiary/aromatic N) is 6. The first kappa shape index (κ1) is 19.4. The fourth-order valence-corrected chi connectivity index (χ4v) is 3.76. The van der Waals surface area contributed by atoms with E-state index in [1.165, 1.54) is 38.5 Å². The highest BCUT2D eigenvalue weighted by molar-refractivity contribution is 5.80. The molecule has 29 heavy (non-hydrogen) atoms. The van der Waals surface area contributed by atoms with E-state index in [4.69, 9.17) is 9.72 Å². The van der Waals surface area contributed by atoms with E-state index in [-0.39, 0.29) is 0 Å². The Bertz CT molecular complexity index is 793. The molecule has 2 fully saturated rings. The largest absolute Gasteiger partial charge is 0.497 e. The third-order valence-electron chi connectivity index (χ3n) is 5.36. The molecule has 1 aromatic carbocycles. The molecule has 8 heteroatoms. The Morgan fingerprint density at radius 1 is 0.897 bits per heavy atom. The van der Waals surface area contributed by atoms with Gasteiger partial charge >= 0.3 is 0 Å². The molecule has 1 N–H and O–H groups in total. The maximum atomic E-state index is 5.26. The number of nitrogens with one attached hydrogen (secondary N) is 1. The molecule has 4 rings (SSSR count). The van der Waals surface area contributed by atoms with E-state index < -0.39 is 0 Å². The van der Waals surface area contributed by atoms with Gasteiger partial charge in [-0.3, -0.25) is 0 Å². The second-order valence-corrected chi connectivity index (χ2v) is 7.50. The van der Waals surface area contributed by atoms with Crippen LogP contribution >= 0.6 is 0 Å². The summed E-state index contributed by atoms with van der Waals surface area (Å²) in [6, 6.07) is 7.74. The predicted molar refractivity (Wildman–Crippen MR) is 116 cm³/mol. The summed E-state index contributed by atoms with van der Waals surface area (Å²) in [5, 5.41) is 4.34. The molecule has 2 aliphatic heterocycles. The standard InChI is InChI=1S/C21H29N7O/c1-29-18-10-8-9-17(15-18)16-22-26-19-23-20(27-11-4-2-5-12-27)25-21(24-19)28-13-6-3-7-14-28/h8-10,15-16H,2-7,11-14H2,1H3,(H,23,24,25,26)/b22-16-. The number of hydrogen-bond acceptors (Lipinski definition) is 8. The van der Waals surface area contributed by atoms with Crippen LogP contribution in [0.5, 0.6) is 5.75 Å². The zero-order valence-corrected chi connectivity index (χ0v) is 17.0. The van der Waals surface area contributed by atoms with Crippen LogP contribution < -0.4 is 20.0 Å². The molecule has 0 aliphatic carbocycles. The maximum absolute atomic E-state index is 5.26. The van der Waals surface area contributed by atoms with Gasteiger partial charge in [0, 0.05) is 26.2 Å². The summed E-state index contributed by atoms with van der Waals surface area (Å²) < 4.78 is 5.26. The molecule has 0 spiro atoms. The predicted octanol–water partition coefficient (Wildman–Crippen LogP) is 3.31. The van der Waals surface area contributed by atoms with E-state index in [0.717, 1.165) is 49.4 Å². The van der Waals surface area contributed by atoms with Gasteiger partial charge in [-0.2, -0.15) is 20.1 Å². The number of hydrogen-bond donors (Lipinski definition) is 1. The van der Waals surface area contributed by atoms with Crippen LogP contribution in [0.15, 0.2) is 29.4 Å². The minimum absolute atomic E-state index is 0.486. The molecule has 0 atom stereocenters. The van der Waals surface area contributed by atoms with Crippen LogP contribution in [0, 0.1) is 0 Å². The van der Waals surface area contributed by atoms with Crippen molar-refractivity contribution in [2.75, 3.05) is 48.5 Å². The SMILES string of the molecule is COc1cccc(/C=N\Nc2nc(N3CCCCC3)nc(N3CCCCC3)n2)c1. The Morgan fingerprint density at radius 2 is 1.52 bits per heavy atom. The third-order valence-corrected chi connectivity index (χ3v) is 5.36. The summed E-state index contributed by atoms with van der Waals surface area (Å²) in [5.41, 5.74) is 3.95. The first-order chi connectivity index (χ1) is 14.3. The highest BCUT2D eigenvalue weighted by Crippen LogP contribution is 2.22. The quantitative estimate of drug-likeness (QED) is 0.594. The van der Waals surface area contributed by atoms with E-state index in [1.54, 1.807) is 13.3 Å². The molecule has 2 aliphatic rings. The Morgan fingerprint density at radius 3 is 2.10 bits per heavy atom. The van der Waals surface area contributed by atoms with E-state index in [2.05, 4.69) is 30.3 Å². The summed E-state index contributed by atoms with van der Waals surface area (Å²) in [6.07, 6.45) is 9.02. The first-order valence-electron chi connectivity index (χ1n) is 10.5. The normalized spacial score (nSPS) is 17.6. The summed E-state index contributed by atoms with van der Waals surface area (Å²) in [5.74, 6) is 2.79. The Balaban J connectivity index is 1.54. The van der Waals surface area contributed by atoms with E-state index in [1.807, 2.05) is 24.3 Å².